The predicted octanol–water partition coefficient (Wildman–Crippen LogP) is 5.89. The number of methoxy groups -OCH3 is 1. The monoisotopic (exact) mass is 486 g/mol. The van der Waals surface area contributed by atoms with Gasteiger partial charge in [-0.25, -0.2) is 9.59 Å². The van der Waals surface area contributed by atoms with E-state index in [0.29, 0.717) is 6.42 Å². The summed E-state index contributed by atoms with van der Waals surface area (Å²) in [5.74, 6) is -3.01. The maximum atomic E-state index is 10.9. The molecule has 0 radical (unpaired) electrons. The molecule has 0 saturated heterocycles. The van der Waals surface area contributed by atoms with Gasteiger partial charge in [-0.1, -0.05) is 67.7 Å². The van der Waals surface area contributed by atoms with Crippen LogP contribution in [0.1, 0.15) is 52.9 Å². The van der Waals surface area contributed by atoms with Crippen LogP contribution in [0.3, 0.4) is 0 Å². The Morgan fingerprint density at radius 1 is 0.886 bits per heavy atom. The summed E-state index contributed by atoms with van der Waals surface area (Å²) in [4.78, 5) is 32.4. The number of rotatable bonds is 17. The lowest BCUT2D eigenvalue weighted by molar-refractivity contribution is -0.136. The molecule has 7 nitrogen and oxygen atoms in total. The molecule has 0 aliphatic carbocycles. The van der Waals surface area contributed by atoms with Crippen LogP contribution < -0.4 is 0 Å². The van der Waals surface area contributed by atoms with Crippen LogP contribution in [0.4, 0.5) is 0 Å². The van der Waals surface area contributed by atoms with E-state index in [1.165, 1.54) is 0 Å². The van der Waals surface area contributed by atoms with Gasteiger partial charge in [0.25, 0.3) is 0 Å². The fourth-order valence-electron chi connectivity index (χ4n) is 2.84. The zero-order valence-electron chi connectivity index (χ0n) is 21.0. The molecule has 0 unspecified atom stereocenters. The number of carboxylic acids is 3. The summed E-state index contributed by atoms with van der Waals surface area (Å²) in [6.07, 6.45) is 22.6. The van der Waals surface area contributed by atoms with E-state index in [-0.39, 0.29) is 29.6 Å². The maximum absolute atomic E-state index is 10.9. The second-order valence-electron chi connectivity index (χ2n) is 8.13. The molecule has 0 aromatic heterocycles. The minimum atomic E-state index is -1.16. The second kappa shape index (κ2) is 18.9. The van der Waals surface area contributed by atoms with E-state index < -0.39 is 17.9 Å². The summed E-state index contributed by atoms with van der Waals surface area (Å²) >= 11 is 0. The molecule has 192 valence electrons. The Kier molecular flexibility index (Phi) is 17.1. The zero-order chi connectivity index (χ0) is 26.6. The third-order valence-corrected chi connectivity index (χ3v) is 4.94. The topological polar surface area (TPSA) is 121 Å². The molecule has 0 spiro atoms. The Morgan fingerprint density at radius 3 is 2.14 bits per heavy atom. The van der Waals surface area contributed by atoms with Gasteiger partial charge in [0, 0.05) is 18.8 Å². The van der Waals surface area contributed by atoms with Crippen molar-refractivity contribution in [2.24, 2.45) is 5.92 Å². The average Bonchev–Trinajstić information content (AvgIpc) is 2.78. The number of hydrogen-bond acceptors (Lipinski definition) is 4. The molecule has 0 saturated carbocycles. The van der Waals surface area contributed by atoms with Gasteiger partial charge in [0.1, 0.15) is 0 Å². The van der Waals surface area contributed by atoms with Crippen LogP contribution >= 0.6 is 0 Å². The van der Waals surface area contributed by atoms with Crippen LogP contribution in [0, 0.1) is 5.92 Å². The largest absolute Gasteiger partial charge is 0.481 e. The molecule has 0 heterocycles. The molecule has 35 heavy (non-hydrogen) atoms. The molecular formula is C28H38O7. The van der Waals surface area contributed by atoms with E-state index in [4.69, 9.17) is 20.1 Å². The zero-order valence-corrected chi connectivity index (χ0v) is 21.0. The van der Waals surface area contributed by atoms with Gasteiger partial charge in [0.2, 0.25) is 0 Å². The van der Waals surface area contributed by atoms with Gasteiger partial charge in [-0.15, -0.1) is 0 Å². The van der Waals surface area contributed by atoms with E-state index >= 15 is 0 Å². The summed E-state index contributed by atoms with van der Waals surface area (Å²) in [6.45, 7) is 5.44. The molecule has 0 rings (SSSR count). The number of carbonyl (C=O) groups is 3. The van der Waals surface area contributed by atoms with E-state index in [9.17, 15) is 14.4 Å². The van der Waals surface area contributed by atoms with Gasteiger partial charge in [0.05, 0.1) is 12.5 Å². The molecule has 0 bridgehead atoms. The molecule has 0 aromatic rings. The molecule has 7 heteroatoms. The van der Waals surface area contributed by atoms with Crippen molar-refractivity contribution in [1.82, 2.24) is 0 Å². The van der Waals surface area contributed by atoms with E-state index in [1.54, 1.807) is 32.3 Å². The Hall–Kier alpha value is -3.45. The number of aliphatic carboxylic acids is 3. The smallest absolute Gasteiger partial charge is 0.331 e. The molecule has 3 N–H and O–H groups in total. The molecule has 0 amide bonds. The first kappa shape index (κ1) is 31.6. The number of hydrogen-bond donors (Lipinski definition) is 3. The summed E-state index contributed by atoms with van der Waals surface area (Å²) in [5.41, 5.74) is 1.48. The Labute approximate surface area is 208 Å². The molecule has 0 aliphatic rings. The number of allylic oxidation sites excluding steroid dienone is 9. The van der Waals surface area contributed by atoms with Gasteiger partial charge in [-0.3, -0.25) is 4.79 Å². The molecule has 0 aromatic carbocycles. The lowest BCUT2D eigenvalue weighted by atomic mass is 10.0. The van der Waals surface area contributed by atoms with Crippen molar-refractivity contribution in [3.05, 3.63) is 83.6 Å². The van der Waals surface area contributed by atoms with Gasteiger partial charge in [0.15, 0.2) is 0 Å². The normalized spacial score (nSPS) is 15.5. The molecule has 2 atom stereocenters. The molecular weight excluding hydrogens is 448 g/mol. The van der Waals surface area contributed by atoms with Crippen LogP contribution in [0.2, 0.25) is 0 Å². The lowest BCUT2D eigenvalue weighted by Gasteiger charge is -2.13. The summed E-state index contributed by atoms with van der Waals surface area (Å²) in [6, 6.07) is 0. The summed E-state index contributed by atoms with van der Waals surface area (Å²) in [7, 11) is 1.63. The Morgan fingerprint density at radius 2 is 1.54 bits per heavy atom. The average molecular weight is 487 g/mol. The van der Waals surface area contributed by atoms with E-state index in [1.807, 2.05) is 38.2 Å². The predicted molar refractivity (Wildman–Crippen MR) is 138 cm³/mol. The van der Waals surface area contributed by atoms with Gasteiger partial charge < -0.3 is 20.1 Å². The number of ether oxygens (including phenoxy) is 1. The highest BCUT2D eigenvalue weighted by Crippen LogP contribution is 2.12. The highest BCUT2D eigenvalue weighted by atomic mass is 16.5. The van der Waals surface area contributed by atoms with Crippen LogP contribution in [-0.2, 0) is 19.1 Å². The van der Waals surface area contributed by atoms with Crippen LogP contribution in [0.5, 0.6) is 0 Å². The first-order valence-corrected chi connectivity index (χ1v) is 11.5. The summed E-state index contributed by atoms with van der Waals surface area (Å²) < 4.78 is 5.47. The number of unbranched alkanes of at least 4 members (excludes halogenated alkanes) is 1. The second-order valence-corrected chi connectivity index (χ2v) is 8.13. The van der Waals surface area contributed by atoms with Crippen LogP contribution in [-0.4, -0.2) is 46.4 Å². The molecule has 0 aliphatic heterocycles. The highest BCUT2D eigenvalue weighted by molar-refractivity contribution is 5.86. The quantitative estimate of drug-likeness (QED) is 0.101. The van der Waals surface area contributed by atoms with E-state index in [0.717, 1.165) is 30.9 Å². The van der Waals surface area contributed by atoms with E-state index in [2.05, 4.69) is 18.2 Å². The van der Waals surface area contributed by atoms with Crippen molar-refractivity contribution in [2.45, 2.75) is 59.0 Å². The van der Waals surface area contributed by atoms with Crippen molar-refractivity contribution >= 4 is 17.9 Å². The SMILES string of the molecule is CO[C@H](CC=C/C=C/CC/C=C/C[C@H](C)/C=C/C(=CC(=O)O)CC(=O)O)C(C)=CC=C(C)C(=O)O. The Balaban J connectivity index is 4.41. The van der Waals surface area contributed by atoms with Crippen molar-refractivity contribution in [1.29, 1.82) is 0 Å². The van der Waals surface area contributed by atoms with Gasteiger partial charge in [-0.2, -0.15) is 0 Å². The Bertz CT molecular complexity index is 898. The first-order valence-electron chi connectivity index (χ1n) is 11.5. The van der Waals surface area contributed by atoms with Crippen molar-refractivity contribution < 1.29 is 34.4 Å². The fraction of sp³-hybridized carbons (Fsp3) is 0.393. The minimum absolute atomic E-state index is 0.115. The summed E-state index contributed by atoms with van der Waals surface area (Å²) in [5, 5.41) is 26.6. The number of carboxylic acid groups (broad SMARTS) is 3. The maximum Gasteiger partial charge on any atom is 0.331 e. The van der Waals surface area contributed by atoms with Gasteiger partial charge in [-0.05, 0) is 56.6 Å². The van der Waals surface area contributed by atoms with Crippen LogP contribution in [0.25, 0.3) is 0 Å². The van der Waals surface area contributed by atoms with Gasteiger partial charge >= 0.3 is 17.9 Å². The lowest BCUT2D eigenvalue weighted by Crippen LogP contribution is -2.10. The standard InChI is InChI=1S/C28H38O7/c1-21(15-18-24(19-26(29)30)20-27(31)32)13-11-9-7-5-6-8-10-12-14-25(35-4)22(2)16-17-23(3)28(33)34/h6,8-12,15-19,21,25H,5,7,13-14,20H2,1-4H3,(H,29,30)(H,31,32)(H,33,34)/b8-6+,11-9+,12-10?,18-15+,22-16?,23-17?,24-19?/t21-,25+/m0/s1. The van der Waals surface area contributed by atoms with Crippen molar-refractivity contribution in [2.75, 3.05) is 7.11 Å². The van der Waals surface area contributed by atoms with Crippen molar-refractivity contribution in [3.63, 3.8) is 0 Å². The van der Waals surface area contributed by atoms with Crippen LogP contribution in [0.15, 0.2) is 83.6 Å². The highest BCUT2D eigenvalue weighted by Gasteiger charge is 2.07. The first-order chi connectivity index (χ1) is 16.6. The third kappa shape index (κ3) is 17.7. The van der Waals surface area contributed by atoms with Crippen molar-refractivity contribution in [3.8, 4) is 0 Å². The third-order valence-electron chi connectivity index (χ3n) is 4.94. The fourth-order valence-corrected chi connectivity index (χ4v) is 2.84. The minimum Gasteiger partial charge on any atom is -0.481 e. The molecule has 0 fully saturated rings.